The Morgan fingerprint density at radius 3 is 2.10 bits per heavy atom. The lowest BCUT2D eigenvalue weighted by Gasteiger charge is -2.09. The highest BCUT2D eigenvalue weighted by Crippen LogP contribution is 2.30. The highest BCUT2D eigenvalue weighted by atomic mass is 19.4. The maximum absolute atomic E-state index is 12.7. The van der Waals surface area contributed by atoms with E-state index in [1.165, 1.54) is 12.1 Å². The molecule has 0 saturated heterocycles. The zero-order valence-corrected chi connectivity index (χ0v) is 11.7. The van der Waals surface area contributed by atoms with Gasteiger partial charge in [-0.1, -0.05) is 50.2 Å². The molecule has 0 saturated carbocycles. The molecule has 1 nitrogen and oxygen atoms in total. The van der Waals surface area contributed by atoms with Crippen LogP contribution in [0.3, 0.4) is 0 Å². The van der Waals surface area contributed by atoms with Gasteiger partial charge >= 0.3 is 6.18 Å². The maximum atomic E-state index is 12.7. The Kier molecular flexibility index (Phi) is 4.16. The van der Waals surface area contributed by atoms with Crippen LogP contribution >= 0.6 is 0 Å². The van der Waals surface area contributed by atoms with Crippen LogP contribution in [0.25, 0.3) is 0 Å². The van der Waals surface area contributed by atoms with Gasteiger partial charge in [0, 0.05) is 11.1 Å². The SMILES string of the molecule is CC(C)c1ccc(C(=O)c2cccc(C(F)(F)F)c2)cc1. The van der Waals surface area contributed by atoms with Gasteiger partial charge in [0.2, 0.25) is 0 Å². The van der Waals surface area contributed by atoms with Gasteiger partial charge in [-0.2, -0.15) is 13.2 Å². The van der Waals surface area contributed by atoms with E-state index < -0.39 is 17.5 Å². The Hall–Kier alpha value is -2.10. The van der Waals surface area contributed by atoms with E-state index in [1.807, 2.05) is 26.0 Å². The molecule has 0 aliphatic heterocycles. The summed E-state index contributed by atoms with van der Waals surface area (Å²) < 4.78 is 38.0. The van der Waals surface area contributed by atoms with E-state index in [1.54, 1.807) is 12.1 Å². The molecule has 0 aliphatic rings. The largest absolute Gasteiger partial charge is 0.416 e. The summed E-state index contributed by atoms with van der Waals surface area (Å²) in [5.74, 6) is -0.0703. The third kappa shape index (κ3) is 3.51. The fourth-order valence-electron chi connectivity index (χ4n) is 2.02. The van der Waals surface area contributed by atoms with Crippen molar-refractivity contribution in [2.24, 2.45) is 0 Å². The smallest absolute Gasteiger partial charge is 0.289 e. The van der Waals surface area contributed by atoms with Crippen molar-refractivity contribution in [3.05, 3.63) is 70.8 Å². The number of halogens is 3. The number of carbonyl (C=O) groups excluding carboxylic acids is 1. The van der Waals surface area contributed by atoms with Crippen LogP contribution in [0.5, 0.6) is 0 Å². The Morgan fingerprint density at radius 2 is 1.57 bits per heavy atom. The lowest BCUT2D eigenvalue weighted by molar-refractivity contribution is -0.137. The van der Waals surface area contributed by atoms with E-state index in [2.05, 4.69) is 0 Å². The van der Waals surface area contributed by atoms with Crippen molar-refractivity contribution in [2.75, 3.05) is 0 Å². The summed E-state index contributed by atoms with van der Waals surface area (Å²) in [4.78, 5) is 12.2. The van der Waals surface area contributed by atoms with Crippen molar-refractivity contribution in [2.45, 2.75) is 25.9 Å². The molecule has 0 radical (unpaired) electrons. The number of rotatable bonds is 3. The average molecular weight is 292 g/mol. The van der Waals surface area contributed by atoms with Gasteiger partial charge in [0.25, 0.3) is 0 Å². The average Bonchev–Trinajstić information content (AvgIpc) is 2.46. The molecule has 0 unspecified atom stereocenters. The fraction of sp³-hybridized carbons (Fsp3) is 0.235. The van der Waals surface area contributed by atoms with Gasteiger partial charge in [0.1, 0.15) is 0 Å². The summed E-state index contributed by atoms with van der Waals surface area (Å²) in [5.41, 5.74) is 0.698. The molecular weight excluding hydrogens is 277 g/mol. The van der Waals surface area contributed by atoms with Crippen molar-refractivity contribution in [3.63, 3.8) is 0 Å². The highest BCUT2D eigenvalue weighted by molar-refractivity contribution is 6.09. The molecule has 110 valence electrons. The Labute approximate surface area is 121 Å². The minimum absolute atomic E-state index is 0.0436. The summed E-state index contributed by atoms with van der Waals surface area (Å²) in [6, 6.07) is 11.4. The van der Waals surface area contributed by atoms with Crippen LogP contribution < -0.4 is 0 Å². The predicted octanol–water partition coefficient (Wildman–Crippen LogP) is 5.06. The number of hydrogen-bond donors (Lipinski definition) is 0. The first kappa shape index (κ1) is 15.3. The van der Waals surface area contributed by atoms with Gasteiger partial charge in [-0.05, 0) is 23.6 Å². The fourth-order valence-corrected chi connectivity index (χ4v) is 2.02. The van der Waals surface area contributed by atoms with Gasteiger partial charge in [-0.3, -0.25) is 4.79 Å². The van der Waals surface area contributed by atoms with Crippen molar-refractivity contribution in [1.29, 1.82) is 0 Å². The summed E-state index contributed by atoms with van der Waals surface area (Å²) in [7, 11) is 0. The number of ketones is 1. The second-order valence-electron chi connectivity index (χ2n) is 5.18. The van der Waals surface area contributed by atoms with Crippen LogP contribution in [-0.4, -0.2) is 5.78 Å². The Morgan fingerprint density at radius 1 is 0.952 bits per heavy atom. The summed E-state index contributed by atoms with van der Waals surface area (Å²) in [6.45, 7) is 4.06. The molecule has 0 aromatic heterocycles. The van der Waals surface area contributed by atoms with Gasteiger partial charge in [-0.25, -0.2) is 0 Å². The number of alkyl halides is 3. The molecule has 2 rings (SSSR count). The first-order chi connectivity index (χ1) is 9.79. The first-order valence-electron chi connectivity index (χ1n) is 6.61. The normalized spacial score (nSPS) is 11.7. The van der Waals surface area contributed by atoms with E-state index in [9.17, 15) is 18.0 Å². The summed E-state index contributed by atoms with van der Waals surface area (Å²) >= 11 is 0. The first-order valence-corrected chi connectivity index (χ1v) is 6.61. The molecule has 2 aromatic carbocycles. The van der Waals surface area contributed by atoms with Crippen molar-refractivity contribution in [3.8, 4) is 0 Å². The van der Waals surface area contributed by atoms with Crippen LogP contribution in [0.15, 0.2) is 48.5 Å². The molecular formula is C17H15F3O. The molecule has 0 heterocycles. The second kappa shape index (κ2) is 5.72. The zero-order valence-electron chi connectivity index (χ0n) is 11.7. The molecule has 0 amide bonds. The van der Waals surface area contributed by atoms with Crippen LogP contribution in [0, 0.1) is 0 Å². The van der Waals surface area contributed by atoms with Crippen LogP contribution in [0.1, 0.15) is 46.8 Å². The minimum atomic E-state index is -4.45. The van der Waals surface area contributed by atoms with E-state index in [4.69, 9.17) is 0 Å². The molecule has 4 heteroatoms. The molecule has 21 heavy (non-hydrogen) atoms. The Balaban J connectivity index is 2.32. The molecule has 0 aliphatic carbocycles. The lowest BCUT2D eigenvalue weighted by Crippen LogP contribution is -2.08. The maximum Gasteiger partial charge on any atom is 0.416 e. The molecule has 0 bridgehead atoms. The van der Waals surface area contributed by atoms with Crippen LogP contribution in [0.4, 0.5) is 13.2 Å². The van der Waals surface area contributed by atoms with E-state index >= 15 is 0 Å². The Bertz CT molecular complexity index is 640. The number of benzene rings is 2. The number of hydrogen-bond acceptors (Lipinski definition) is 1. The standard InChI is InChI=1S/C17H15F3O/c1-11(2)12-6-8-13(9-7-12)16(21)14-4-3-5-15(10-14)17(18,19)20/h3-11H,1-2H3. The second-order valence-corrected chi connectivity index (χ2v) is 5.18. The predicted molar refractivity (Wildman–Crippen MR) is 75.4 cm³/mol. The van der Waals surface area contributed by atoms with E-state index in [0.717, 1.165) is 17.7 Å². The van der Waals surface area contributed by atoms with Crippen LogP contribution in [-0.2, 0) is 6.18 Å². The summed E-state index contributed by atoms with van der Waals surface area (Å²) in [6.07, 6.45) is -4.45. The van der Waals surface area contributed by atoms with E-state index in [-0.39, 0.29) is 5.56 Å². The molecule has 0 spiro atoms. The van der Waals surface area contributed by atoms with Gasteiger partial charge in [0.05, 0.1) is 5.56 Å². The third-order valence-corrected chi connectivity index (χ3v) is 3.29. The molecule has 0 N–H and O–H groups in total. The van der Waals surface area contributed by atoms with Crippen molar-refractivity contribution in [1.82, 2.24) is 0 Å². The molecule has 0 atom stereocenters. The van der Waals surface area contributed by atoms with Crippen molar-refractivity contribution < 1.29 is 18.0 Å². The van der Waals surface area contributed by atoms with Gasteiger partial charge in [-0.15, -0.1) is 0 Å². The third-order valence-electron chi connectivity index (χ3n) is 3.29. The lowest BCUT2D eigenvalue weighted by atomic mass is 9.97. The monoisotopic (exact) mass is 292 g/mol. The highest BCUT2D eigenvalue weighted by Gasteiger charge is 2.30. The van der Waals surface area contributed by atoms with E-state index in [0.29, 0.717) is 11.5 Å². The molecule has 2 aromatic rings. The van der Waals surface area contributed by atoms with Gasteiger partial charge < -0.3 is 0 Å². The van der Waals surface area contributed by atoms with Crippen molar-refractivity contribution >= 4 is 5.78 Å². The quantitative estimate of drug-likeness (QED) is 0.723. The number of carbonyl (C=O) groups is 1. The van der Waals surface area contributed by atoms with Gasteiger partial charge in [0.15, 0.2) is 5.78 Å². The molecule has 0 fully saturated rings. The zero-order chi connectivity index (χ0) is 15.6. The topological polar surface area (TPSA) is 17.1 Å². The summed E-state index contributed by atoms with van der Waals surface area (Å²) in [5, 5.41) is 0. The minimum Gasteiger partial charge on any atom is -0.289 e. The van der Waals surface area contributed by atoms with Crippen LogP contribution in [0.2, 0.25) is 0 Å².